The van der Waals surface area contributed by atoms with Gasteiger partial charge in [0.25, 0.3) is 5.97 Å². The maximum absolute atomic E-state index is 9.00. The summed E-state index contributed by atoms with van der Waals surface area (Å²) in [4.78, 5) is 9.00. The Morgan fingerprint density at radius 1 is 1.45 bits per heavy atom. The molecule has 0 aromatic heterocycles. The van der Waals surface area contributed by atoms with Crippen LogP contribution in [-0.4, -0.2) is 24.4 Å². The van der Waals surface area contributed by atoms with Crippen LogP contribution in [0.5, 0.6) is 0 Å². The molecule has 0 saturated carbocycles. The van der Waals surface area contributed by atoms with Gasteiger partial charge >= 0.3 is 59.1 Å². The second-order valence-corrected chi connectivity index (χ2v) is 1.17. The Balaban J connectivity index is -0.0000000171. The number of carbonyl (C=O) groups is 1. The number of hydrogen-bond acceptors (Lipinski definition) is 3. The largest absolute Gasteiger partial charge is 1.00 e. The van der Waals surface area contributed by atoms with Crippen LogP contribution >= 0.6 is 0 Å². The Morgan fingerprint density at radius 2 is 1.45 bits per heavy atom. The molecule has 0 aromatic rings. The van der Waals surface area contributed by atoms with Crippen LogP contribution < -0.4 is 71.5 Å². The molecule has 0 heterocycles. The summed E-state index contributed by atoms with van der Waals surface area (Å²) in [6.07, 6.45) is 0. The zero-order valence-electron chi connectivity index (χ0n) is 6.41. The van der Waals surface area contributed by atoms with Gasteiger partial charge in [-0.2, -0.15) is 0 Å². The first-order valence-electron chi connectivity index (χ1n) is 1.44. The van der Waals surface area contributed by atoms with Crippen LogP contribution in [-0.2, 0) is 16.2 Å². The molecular formula is C2H5ClNa2O5S. The van der Waals surface area contributed by atoms with E-state index in [2.05, 4.69) is 0 Å². The molecule has 1 unspecified atom stereocenters. The average molecular weight is 223 g/mol. The maximum atomic E-state index is 9.00. The molecule has 0 saturated heterocycles. The van der Waals surface area contributed by atoms with Gasteiger partial charge in [-0.3, -0.25) is 4.79 Å². The van der Waals surface area contributed by atoms with E-state index in [-0.39, 0.29) is 71.5 Å². The third kappa shape index (κ3) is 341. The van der Waals surface area contributed by atoms with E-state index in [1.54, 1.807) is 0 Å². The van der Waals surface area contributed by atoms with Crippen molar-refractivity contribution in [3.63, 3.8) is 0 Å². The fourth-order valence-electron chi connectivity index (χ4n) is 0. The fourth-order valence-corrected chi connectivity index (χ4v) is 0. The normalized spacial score (nSPS) is 7.91. The van der Waals surface area contributed by atoms with Gasteiger partial charge in [-0.15, -0.1) is 0 Å². The molecule has 58 valence electrons. The van der Waals surface area contributed by atoms with Gasteiger partial charge in [-0.05, 0) is 0 Å². The summed E-state index contributed by atoms with van der Waals surface area (Å²) in [6, 6.07) is 0. The molecule has 1 atom stereocenters. The van der Waals surface area contributed by atoms with Gasteiger partial charge in [0, 0.05) is 6.92 Å². The number of halogens is 1. The van der Waals surface area contributed by atoms with Crippen molar-refractivity contribution in [2.75, 3.05) is 0 Å². The predicted molar refractivity (Wildman–Crippen MR) is 24.9 cm³/mol. The van der Waals surface area contributed by atoms with Gasteiger partial charge in [0.1, 0.15) is 0 Å². The van der Waals surface area contributed by atoms with E-state index in [0.717, 1.165) is 6.92 Å². The van der Waals surface area contributed by atoms with Crippen molar-refractivity contribution in [2.45, 2.75) is 6.92 Å². The van der Waals surface area contributed by atoms with Gasteiger partial charge < -0.3 is 26.6 Å². The smallest absolute Gasteiger partial charge is 1.00 e. The fraction of sp³-hybridized carbons (Fsp3) is 0.500. The minimum absolute atomic E-state index is 0. The van der Waals surface area contributed by atoms with Crippen molar-refractivity contribution >= 4 is 17.3 Å². The van der Waals surface area contributed by atoms with Crippen molar-refractivity contribution in [1.82, 2.24) is 0 Å². The number of hydrogen-bond donors (Lipinski definition) is 2. The van der Waals surface area contributed by atoms with E-state index in [1.807, 2.05) is 0 Å². The van der Waals surface area contributed by atoms with Crippen LogP contribution in [0, 0.1) is 0 Å². The number of carboxylic acid groups (broad SMARTS) is 1. The summed E-state index contributed by atoms with van der Waals surface area (Å²) in [7, 11) is 0. The number of rotatable bonds is 0. The van der Waals surface area contributed by atoms with Crippen LogP contribution in [0.15, 0.2) is 0 Å². The topological polar surface area (TPSA) is 97.7 Å². The van der Waals surface area contributed by atoms with Crippen LogP contribution in [0.4, 0.5) is 0 Å². The van der Waals surface area contributed by atoms with E-state index >= 15 is 0 Å². The molecule has 0 radical (unpaired) electrons. The molecule has 0 rings (SSSR count). The van der Waals surface area contributed by atoms with Crippen molar-refractivity contribution in [2.24, 2.45) is 0 Å². The van der Waals surface area contributed by atoms with Gasteiger partial charge in [0.15, 0.2) is 0 Å². The Hall–Kier alpha value is 1.83. The first-order valence-corrected chi connectivity index (χ1v) is 2.48. The molecule has 9 heteroatoms. The molecule has 0 aliphatic heterocycles. The molecule has 5 nitrogen and oxygen atoms in total. The molecular weight excluding hydrogens is 218 g/mol. The first kappa shape index (κ1) is 29.3. The van der Waals surface area contributed by atoms with E-state index in [0.29, 0.717) is 0 Å². The molecule has 0 amide bonds. The SMILES string of the molecule is CC(=O)O.O=S([O-])O.[Cl-].[Na+].[Na+]. The summed E-state index contributed by atoms with van der Waals surface area (Å²) < 4.78 is 24.1. The van der Waals surface area contributed by atoms with E-state index in [1.165, 1.54) is 0 Å². The third-order valence-corrected chi connectivity index (χ3v) is 0. The summed E-state index contributed by atoms with van der Waals surface area (Å²) in [5.74, 6) is -0.833. The Labute approximate surface area is 117 Å². The molecule has 0 aliphatic carbocycles. The Morgan fingerprint density at radius 3 is 1.45 bits per heavy atom. The van der Waals surface area contributed by atoms with Crippen LogP contribution in [0.2, 0.25) is 0 Å². The number of aliphatic carboxylic acids is 1. The molecule has 0 aromatic carbocycles. The monoisotopic (exact) mass is 222 g/mol. The van der Waals surface area contributed by atoms with Gasteiger partial charge in [0.05, 0.1) is 11.4 Å². The molecule has 0 bridgehead atoms. The molecule has 2 N–H and O–H groups in total. The Kier molecular flexibility index (Phi) is 60.3. The third-order valence-electron chi connectivity index (χ3n) is 0. The van der Waals surface area contributed by atoms with Gasteiger partial charge in [0.2, 0.25) is 0 Å². The zero-order valence-corrected chi connectivity index (χ0v) is 12.0. The molecule has 0 aliphatic rings. The van der Waals surface area contributed by atoms with Crippen molar-refractivity contribution < 1.29 is 94.7 Å². The van der Waals surface area contributed by atoms with E-state index < -0.39 is 17.3 Å². The summed E-state index contributed by atoms with van der Waals surface area (Å²) >= 11 is -2.86. The molecule has 0 fully saturated rings. The Bertz CT molecular complexity index is 80.5. The van der Waals surface area contributed by atoms with Gasteiger partial charge in [-0.25, -0.2) is 4.21 Å². The predicted octanol–water partition coefficient (Wildman–Crippen LogP) is -9.56. The van der Waals surface area contributed by atoms with E-state index in [4.69, 9.17) is 23.2 Å². The average Bonchev–Trinajstić information content (AvgIpc) is 1.25. The van der Waals surface area contributed by atoms with Crippen molar-refractivity contribution in [3.05, 3.63) is 0 Å². The van der Waals surface area contributed by atoms with Crippen molar-refractivity contribution in [1.29, 1.82) is 0 Å². The summed E-state index contributed by atoms with van der Waals surface area (Å²) in [6.45, 7) is 1.08. The molecule has 0 spiro atoms. The van der Waals surface area contributed by atoms with E-state index in [9.17, 15) is 0 Å². The number of carboxylic acids is 1. The second-order valence-electron chi connectivity index (χ2n) is 0.736. The minimum atomic E-state index is -2.86. The van der Waals surface area contributed by atoms with Crippen molar-refractivity contribution in [3.8, 4) is 0 Å². The first-order chi connectivity index (χ1) is 3.46. The van der Waals surface area contributed by atoms with Crippen LogP contribution in [0.3, 0.4) is 0 Å². The van der Waals surface area contributed by atoms with Crippen LogP contribution in [0.25, 0.3) is 0 Å². The quantitative estimate of drug-likeness (QED) is 0.313. The van der Waals surface area contributed by atoms with Gasteiger partial charge in [-0.1, -0.05) is 0 Å². The molecule has 11 heavy (non-hydrogen) atoms. The second kappa shape index (κ2) is 22.6. The minimum Gasteiger partial charge on any atom is -1.00 e. The summed E-state index contributed by atoms with van der Waals surface area (Å²) in [5, 5.41) is 7.42. The zero-order chi connectivity index (χ0) is 7.15. The van der Waals surface area contributed by atoms with Crippen LogP contribution in [0.1, 0.15) is 6.92 Å². The summed E-state index contributed by atoms with van der Waals surface area (Å²) in [5.41, 5.74) is 0. The maximum Gasteiger partial charge on any atom is 1.00 e. The standard InChI is InChI=1S/C2H4O2.ClH.2Na.H2O3S/c1-2(3)4;;;;1-4(2)3/h1H3,(H,3,4);1H;;;(H2,1,2,3)/q;;2*+1;/p-2.